The van der Waals surface area contributed by atoms with Crippen LogP contribution in [0, 0.1) is 0 Å². The van der Waals surface area contributed by atoms with E-state index in [2.05, 4.69) is 31.2 Å². The lowest BCUT2D eigenvalue weighted by Crippen LogP contribution is -2.22. The lowest BCUT2D eigenvalue weighted by Gasteiger charge is -2.21. The van der Waals surface area contributed by atoms with Gasteiger partial charge in [0.25, 0.3) is 0 Å². The van der Waals surface area contributed by atoms with Crippen molar-refractivity contribution >= 4 is 5.69 Å². The smallest absolute Gasteiger partial charge is 0.0639 e. The highest BCUT2D eigenvalue weighted by Crippen LogP contribution is 2.15. The number of hydroxylamine groups is 1. The quantitative estimate of drug-likeness (QED) is 0.327. The number of hydrogen-bond acceptors (Lipinski definition) is 2. The van der Waals surface area contributed by atoms with E-state index in [4.69, 9.17) is 4.84 Å². The summed E-state index contributed by atoms with van der Waals surface area (Å²) in [7, 11) is 1.75. The number of hydrogen-bond donors (Lipinski definition) is 0. The van der Waals surface area contributed by atoms with Gasteiger partial charge in [-0.15, -0.1) is 0 Å². The molecule has 0 atom stereocenters. The SMILES string of the molecule is CCCCCCCCCCCCN(OC)c1ccccc1. The van der Waals surface area contributed by atoms with Crippen molar-refractivity contribution in [2.75, 3.05) is 18.7 Å². The highest BCUT2D eigenvalue weighted by Gasteiger charge is 2.03. The average molecular weight is 291 g/mol. The van der Waals surface area contributed by atoms with Gasteiger partial charge in [-0.05, 0) is 18.6 Å². The van der Waals surface area contributed by atoms with Gasteiger partial charge in [-0.3, -0.25) is 9.90 Å². The minimum atomic E-state index is 0.983. The molecule has 0 fully saturated rings. The van der Waals surface area contributed by atoms with Crippen LogP contribution in [0.1, 0.15) is 71.1 Å². The Balaban J connectivity index is 1.98. The van der Waals surface area contributed by atoms with Crippen LogP contribution in [-0.4, -0.2) is 13.7 Å². The summed E-state index contributed by atoms with van der Waals surface area (Å²) in [5.74, 6) is 0. The number of unbranched alkanes of at least 4 members (excludes halogenated alkanes) is 9. The number of anilines is 1. The Morgan fingerprint density at radius 3 is 1.81 bits per heavy atom. The van der Waals surface area contributed by atoms with E-state index < -0.39 is 0 Å². The van der Waals surface area contributed by atoms with Gasteiger partial charge in [0.1, 0.15) is 0 Å². The van der Waals surface area contributed by atoms with Gasteiger partial charge in [0.15, 0.2) is 0 Å². The van der Waals surface area contributed by atoms with Crippen LogP contribution >= 0.6 is 0 Å². The molecule has 1 aromatic carbocycles. The van der Waals surface area contributed by atoms with Gasteiger partial charge in [-0.2, -0.15) is 0 Å². The van der Waals surface area contributed by atoms with Gasteiger partial charge in [0, 0.05) is 6.54 Å². The lowest BCUT2D eigenvalue weighted by molar-refractivity contribution is 0.165. The first kappa shape index (κ1) is 18.0. The zero-order valence-electron chi connectivity index (χ0n) is 14.0. The number of rotatable bonds is 13. The van der Waals surface area contributed by atoms with Crippen LogP contribution in [0.4, 0.5) is 5.69 Å². The van der Waals surface area contributed by atoms with Crippen molar-refractivity contribution in [3.63, 3.8) is 0 Å². The molecule has 0 unspecified atom stereocenters. The average Bonchev–Trinajstić information content (AvgIpc) is 2.54. The first-order valence-corrected chi connectivity index (χ1v) is 8.75. The molecule has 0 aliphatic carbocycles. The maximum absolute atomic E-state index is 5.45. The van der Waals surface area contributed by atoms with Gasteiger partial charge < -0.3 is 0 Å². The van der Waals surface area contributed by atoms with Crippen LogP contribution in [0.3, 0.4) is 0 Å². The van der Waals surface area contributed by atoms with Crippen molar-refractivity contribution in [1.82, 2.24) is 0 Å². The molecule has 2 nitrogen and oxygen atoms in total. The molecule has 0 saturated carbocycles. The first-order chi connectivity index (χ1) is 10.4. The molecule has 0 heterocycles. The summed E-state index contributed by atoms with van der Waals surface area (Å²) in [6.45, 7) is 3.26. The van der Waals surface area contributed by atoms with Crippen LogP contribution in [-0.2, 0) is 4.84 Å². The van der Waals surface area contributed by atoms with E-state index in [1.54, 1.807) is 7.11 Å². The molecule has 1 aromatic rings. The summed E-state index contributed by atoms with van der Waals surface area (Å²) in [6, 6.07) is 10.3. The van der Waals surface area contributed by atoms with Gasteiger partial charge in [-0.25, -0.2) is 0 Å². The number of para-hydroxylation sites is 1. The van der Waals surface area contributed by atoms with Crippen molar-refractivity contribution in [3.05, 3.63) is 30.3 Å². The maximum atomic E-state index is 5.45. The van der Waals surface area contributed by atoms with E-state index in [0.717, 1.165) is 12.2 Å². The summed E-state index contributed by atoms with van der Waals surface area (Å²) in [4.78, 5) is 5.45. The molecule has 0 N–H and O–H groups in total. The molecule has 0 spiro atoms. The standard InChI is InChI=1S/C19H33NO/c1-3-4-5-6-7-8-9-10-11-15-18-20(21-2)19-16-13-12-14-17-19/h12-14,16-17H,3-11,15,18H2,1-2H3. The highest BCUT2D eigenvalue weighted by molar-refractivity contribution is 5.43. The van der Waals surface area contributed by atoms with Gasteiger partial charge in [-0.1, -0.05) is 82.9 Å². The molecule has 1 rings (SSSR count). The fourth-order valence-electron chi connectivity index (χ4n) is 2.66. The summed E-state index contributed by atoms with van der Waals surface area (Å²) >= 11 is 0. The molecule has 0 aliphatic heterocycles. The molecule has 0 aromatic heterocycles. The Hall–Kier alpha value is -1.02. The van der Waals surface area contributed by atoms with E-state index in [-0.39, 0.29) is 0 Å². The number of benzene rings is 1. The van der Waals surface area contributed by atoms with Crippen molar-refractivity contribution in [3.8, 4) is 0 Å². The molecule has 120 valence electrons. The normalized spacial score (nSPS) is 10.8. The fourth-order valence-corrected chi connectivity index (χ4v) is 2.66. The highest BCUT2D eigenvalue weighted by atomic mass is 16.7. The molecule has 21 heavy (non-hydrogen) atoms. The van der Waals surface area contributed by atoms with E-state index >= 15 is 0 Å². The van der Waals surface area contributed by atoms with E-state index in [1.165, 1.54) is 64.2 Å². The number of nitrogens with zero attached hydrogens (tertiary/aromatic N) is 1. The fraction of sp³-hybridized carbons (Fsp3) is 0.684. The predicted molar refractivity (Wildman–Crippen MR) is 92.6 cm³/mol. The minimum absolute atomic E-state index is 0.983. The van der Waals surface area contributed by atoms with Crippen LogP contribution in [0.5, 0.6) is 0 Å². The summed E-state index contributed by atoms with van der Waals surface area (Å²) in [5.41, 5.74) is 1.15. The Morgan fingerprint density at radius 1 is 0.762 bits per heavy atom. The second kappa shape index (κ2) is 12.7. The van der Waals surface area contributed by atoms with Crippen molar-refractivity contribution in [1.29, 1.82) is 0 Å². The Kier molecular flexibility index (Phi) is 10.9. The zero-order chi connectivity index (χ0) is 15.2. The largest absolute Gasteiger partial charge is 0.277 e. The van der Waals surface area contributed by atoms with Crippen molar-refractivity contribution in [2.24, 2.45) is 0 Å². The minimum Gasteiger partial charge on any atom is -0.277 e. The van der Waals surface area contributed by atoms with Crippen LogP contribution in [0.25, 0.3) is 0 Å². The van der Waals surface area contributed by atoms with Gasteiger partial charge >= 0.3 is 0 Å². The first-order valence-electron chi connectivity index (χ1n) is 8.75. The van der Waals surface area contributed by atoms with E-state index in [1.807, 2.05) is 11.1 Å². The second-order valence-electron chi connectivity index (χ2n) is 5.80. The van der Waals surface area contributed by atoms with Gasteiger partial charge in [0.05, 0.1) is 12.8 Å². The summed E-state index contributed by atoms with van der Waals surface area (Å²) in [5, 5.41) is 1.99. The van der Waals surface area contributed by atoms with Crippen LogP contribution in [0.2, 0.25) is 0 Å². The van der Waals surface area contributed by atoms with Crippen LogP contribution < -0.4 is 5.06 Å². The Labute approximate surface area is 131 Å². The molecular formula is C19H33NO. The molecule has 0 amide bonds. The monoisotopic (exact) mass is 291 g/mol. The molecule has 0 saturated heterocycles. The molecule has 0 bridgehead atoms. The van der Waals surface area contributed by atoms with Crippen molar-refractivity contribution < 1.29 is 4.84 Å². The summed E-state index contributed by atoms with van der Waals surface area (Å²) in [6.07, 6.45) is 13.7. The summed E-state index contributed by atoms with van der Waals surface area (Å²) < 4.78 is 0. The third-order valence-corrected chi connectivity index (χ3v) is 3.98. The van der Waals surface area contributed by atoms with Gasteiger partial charge in [0.2, 0.25) is 0 Å². The van der Waals surface area contributed by atoms with E-state index in [9.17, 15) is 0 Å². The Bertz CT molecular complexity index is 326. The molecule has 0 aliphatic rings. The second-order valence-corrected chi connectivity index (χ2v) is 5.80. The van der Waals surface area contributed by atoms with Crippen LogP contribution in [0.15, 0.2) is 30.3 Å². The van der Waals surface area contributed by atoms with E-state index in [0.29, 0.717) is 0 Å². The Morgan fingerprint density at radius 2 is 1.29 bits per heavy atom. The molecular weight excluding hydrogens is 258 g/mol. The third-order valence-electron chi connectivity index (χ3n) is 3.98. The third kappa shape index (κ3) is 8.77. The molecule has 0 radical (unpaired) electrons. The maximum Gasteiger partial charge on any atom is 0.0639 e. The molecule has 2 heteroatoms. The zero-order valence-corrected chi connectivity index (χ0v) is 14.0. The topological polar surface area (TPSA) is 12.5 Å². The predicted octanol–water partition coefficient (Wildman–Crippen LogP) is 5.98. The lowest BCUT2D eigenvalue weighted by atomic mass is 10.1. The van der Waals surface area contributed by atoms with Crippen molar-refractivity contribution in [2.45, 2.75) is 71.1 Å².